The molecule has 1 aliphatic rings. The van der Waals surface area contributed by atoms with Gasteiger partial charge in [-0.3, -0.25) is 0 Å². The maximum Gasteiger partial charge on any atom is 0.0110 e. The van der Waals surface area contributed by atoms with Gasteiger partial charge in [-0.25, -0.2) is 0 Å². The summed E-state index contributed by atoms with van der Waals surface area (Å²) in [5.74, 6) is 0. The first-order valence-corrected chi connectivity index (χ1v) is 9.40. The van der Waals surface area contributed by atoms with Gasteiger partial charge in [-0.05, 0) is 30.4 Å². The monoisotopic (exact) mass is 366 g/mol. The largest absolute Gasteiger partial charge is 0.301 e. The average molecular weight is 366 g/mol. The molecule has 0 unspecified atom stereocenters. The molecule has 0 bridgehead atoms. The van der Waals surface area contributed by atoms with Gasteiger partial charge in [0.15, 0.2) is 0 Å². The maximum absolute atomic E-state index is 2.66. The molecule has 1 saturated heterocycles. The number of piperazine rings is 1. The molecule has 0 radical (unpaired) electrons. The summed E-state index contributed by atoms with van der Waals surface area (Å²) in [5.41, 5.74) is 0. The van der Waals surface area contributed by atoms with Crippen molar-refractivity contribution in [3.63, 3.8) is 0 Å². The quantitative estimate of drug-likeness (QED) is 0.330. The molecule has 0 spiro atoms. The van der Waals surface area contributed by atoms with Gasteiger partial charge < -0.3 is 9.80 Å². The Bertz CT molecular complexity index is 179. The van der Waals surface area contributed by atoms with Crippen molar-refractivity contribution < 1.29 is 0 Å². The molecule has 0 atom stereocenters. The fourth-order valence-electron chi connectivity index (χ4n) is 2.64. The minimum absolute atomic E-state index is 1.23. The number of alkyl halides is 1. The molecule has 0 aromatic carbocycles. The number of hydrogen-bond acceptors (Lipinski definition) is 2. The maximum atomic E-state index is 2.66. The molecule has 0 aromatic rings. The molecule has 108 valence electrons. The van der Waals surface area contributed by atoms with Crippen molar-refractivity contribution >= 4 is 22.6 Å². The molecule has 0 saturated carbocycles. The van der Waals surface area contributed by atoms with Gasteiger partial charge in [0.2, 0.25) is 0 Å². The molecule has 0 aliphatic carbocycles. The van der Waals surface area contributed by atoms with Gasteiger partial charge in [0, 0.05) is 26.2 Å². The number of hydrogen-bond donors (Lipinski definition) is 0. The second-order valence-electron chi connectivity index (χ2n) is 5.44. The van der Waals surface area contributed by atoms with Gasteiger partial charge in [-0.2, -0.15) is 0 Å². The minimum atomic E-state index is 1.23. The molecular formula is C15H31IN2. The van der Waals surface area contributed by atoms with Crippen LogP contribution in [0.1, 0.15) is 51.9 Å². The summed E-state index contributed by atoms with van der Waals surface area (Å²) >= 11 is 2.48. The van der Waals surface area contributed by atoms with Crippen molar-refractivity contribution in [3.8, 4) is 0 Å². The number of rotatable bonds is 10. The van der Waals surface area contributed by atoms with Gasteiger partial charge in [-0.15, -0.1) is 0 Å². The van der Waals surface area contributed by atoms with Gasteiger partial charge >= 0.3 is 0 Å². The van der Waals surface area contributed by atoms with E-state index < -0.39 is 0 Å². The Hall–Kier alpha value is 0.650. The Kier molecular flexibility index (Phi) is 10.6. The lowest BCUT2D eigenvalue weighted by Gasteiger charge is -2.33. The number of halogens is 1. The molecular weight excluding hydrogens is 335 g/mol. The molecule has 1 heterocycles. The Morgan fingerprint density at radius 2 is 1.22 bits per heavy atom. The van der Waals surface area contributed by atoms with Gasteiger partial charge in [0.1, 0.15) is 0 Å². The lowest BCUT2D eigenvalue weighted by atomic mass is 10.1. The Balaban J connectivity index is 1.84. The minimum Gasteiger partial charge on any atom is -0.301 e. The van der Waals surface area contributed by atoms with Crippen LogP contribution in [0.15, 0.2) is 0 Å². The molecule has 1 rings (SSSR count). The summed E-state index contributed by atoms with van der Waals surface area (Å²) < 4.78 is 1.33. The predicted octanol–water partition coefficient (Wildman–Crippen LogP) is 3.79. The van der Waals surface area contributed by atoms with E-state index in [0.717, 1.165) is 0 Å². The highest BCUT2D eigenvalue weighted by molar-refractivity contribution is 14.1. The van der Waals surface area contributed by atoms with Gasteiger partial charge in [-0.1, -0.05) is 61.6 Å². The first-order valence-electron chi connectivity index (χ1n) is 7.87. The van der Waals surface area contributed by atoms with E-state index in [9.17, 15) is 0 Å². The lowest BCUT2D eigenvalue weighted by molar-refractivity contribution is 0.135. The Morgan fingerprint density at radius 3 is 1.78 bits per heavy atom. The molecule has 0 N–H and O–H groups in total. The summed E-state index contributed by atoms with van der Waals surface area (Å²) in [6.45, 7) is 10.00. The molecule has 0 amide bonds. The highest BCUT2D eigenvalue weighted by Crippen LogP contribution is 2.09. The summed E-state index contributed by atoms with van der Waals surface area (Å²) in [7, 11) is 0. The van der Waals surface area contributed by atoms with Crippen LogP contribution in [0.3, 0.4) is 0 Å². The van der Waals surface area contributed by atoms with Crippen LogP contribution in [0.4, 0.5) is 0 Å². The van der Waals surface area contributed by atoms with E-state index in [1.807, 2.05) is 0 Å². The zero-order valence-electron chi connectivity index (χ0n) is 12.2. The molecule has 2 nitrogen and oxygen atoms in total. The van der Waals surface area contributed by atoms with E-state index in [1.54, 1.807) is 0 Å². The van der Waals surface area contributed by atoms with E-state index in [4.69, 9.17) is 0 Å². The van der Waals surface area contributed by atoms with Crippen LogP contribution in [0, 0.1) is 0 Å². The predicted molar refractivity (Wildman–Crippen MR) is 89.8 cm³/mol. The van der Waals surface area contributed by atoms with Crippen molar-refractivity contribution in [2.75, 3.05) is 43.7 Å². The van der Waals surface area contributed by atoms with Crippen LogP contribution >= 0.6 is 22.6 Å². The fourth-order valence-corrected chi connectivity index (χ4v) is 3.18. The van der Waals surface area contributed by atoms with E-state index in [1.165, 1.54) is 88.6 Å². The molecule has 18 heavy (non-hydrogen) atoms. The van der Waals surface area contributed by atoms with Crippen LogP contribution < -0.4 is 0 Å². The third-order valence-corrected chi connectivity index (χ3v) is 4.78. The third-order valence-electron chi connectivity index (χ3n) is 4.02. The topological polar surface area (TPSA) is 6.48 Å². The number of nitrogens with zero attached hydrogens (tertiary/aromatic N) is 2. The summed E-state index contributed by atoms with van der Waals surface area (Å²) in [6.07, 6.45) is 10.1. The van der Waals surface area contributed by atoms with Crippen LogP contribution in [-0.4, -0.2) is 53.5 Å². The molecule has 1 aliphatic heterocycles. The zero-order chi connectivity index (χ0) is 13.1. The molecule has 0 aromatic heterocycles. The second kappa shape index (κ2) is 11.5. The van der Waals surface area contributed by atoms with Crippen molar-refractivity contribution in [2.45, 2.75) is 51.9 Å². The van der Waals surface area contributed by atoms with Crippen molar-refractivity contribution in [3.05, 3.63) is 0 Å². The van der Waals surface area contributed by atoms with Crippen LogP contribution in [0.25, 0.3) is 0 Å². The first-order chi connectivity index (χ1) is 8.86. The number of likely N-dealkylation sites (N-methyl/N-ethyl adjacent to an activating group) is 1. The Morgan fingerprint density at radius 1 is 0.722 bits per heavy atom. The van der Waals surface area contributed by atoms with Crippen LogP contribution in [0.2, 0.25) is 0 Å². The molecule has 3 heteroatoms. The Labute approximate surface area is 128 Å². The van der Waals surface area contributed by atoms with Gasteiger partial charge in [0.25, 0.3) is 0 Å². The summed E-state index contributed by atoms with van der Waals surface area (Å²) in [6, 6.07) is 0. The summed E-state index contributed by atoms with van der Waals surface area (Å²) in [4.78, 5) is 5.21. The standard InChI is InChI=1S/C15H31IN2/c1-2-17-12-14-18(15-13-17)11-9-7-5-3-4-6-8-10-16/h2-15H2,1H3. The van der Waals surface area contributed by atoms with Crippen molar-refractivity contribution in [2.24, 2.45) is 0 Å². The highest BCUT2D eigenvalue weighted by atomic mass is 127. The zero-order valence-corrected chi connectivity index (χ0v) is 14.3. The van der Waals surface area contributed by atoms with Crippen molar-refractivity contribution in [1.82, 2.24) is 9.80 Å². The third kappa shape index (κ3) is 7.95. The van der Waals surface area contributed by atoms with Crippen LogP contribution in [-0.2, 0) is 0 Å². The number of unbranched alkanes of at least 4 members (excludes halogenated alkanes) is 6. The summed E-state index contributed by atoms with van der Waals surface area (Å²) in [5, 5.41) is 0. The first kappa shape index (κ1) is 16.7. The lowest BCUT2D eigenvalue weighted by Crippen LogP contribution is -2.46. The average Bonchev–Trinajstić information content (AvgIpc) is 2.42. The van der Waals surface area contributed by atoms with Gasteiger partial charge in [0.05, 0.1) is 0 Å². The van der Waals surface area contributed by atoms with E-state index in [-0.39, 0.29) is 0 Å². The normalized spacial score (nSPS) is 18.3. The highest BCUT2D eigenvalue weighted by Gasteiger charge is 2.14. The van der Waals surface area contributed by atoms with E-state index >= 15 is 0 Å². The van der Waals surface area contributed by atoms with Crippen molar-refractivity contribution in [1.29, 1.82) is 0 Å². The smallest absolute Gasteiger partial charge is 0.0110 e. The fraction of sp³-hybridized carbons (Fsp3) is 1.00. The van der Waals surface area contributed by atoms with E-state index in [2.05, 4.69) is 39.3 Å². The SMILES string of the molecule is CCN1CCN(CCCCCCCCCI)CC1. The van der Waals surface area contributed by atoms with E-state index in [0.29, 0.717) is 0 Å². The molecule has 1 fully saturated rings. The van der Waals surface area contributed by atoms with Crippen LogP contribution in [0.5, 0.6) is 0 Å². The second-order valence-corrected chi connectivity index (χ2v) is 6.52.